The molecule has 27 heavy (non-hydrogen) atoms. The average Bonchev–Trinajstić information content (AvgIpc) is 2.61. The SMILES string of the molecule is CC(=O)Nc1ccc(NCC(=O)Nc2cccc(NC(=O)C(C)C)c2)cc1. The fraction of sp³-hybridized carbons (Fsp3) is 0.250. The molecular weight excluding hydrogens is 344 g/mol. The number of anilines is 4. The monoisotopic (exact) mass is 368 g/mol. The molecule has 0 saturated carbocycles. The fourth-order valence-corrected chi connectivity index (χ4v) is 2.22. The summed E-state index contributed by atoms with van der Waals surface area (Å²) in [6.07, 6.45) is 0. The van der Waals surface area contributed by atoms with Gasteiger partial charge in [-0.15, -0.1) is 0 Å². The molecule has 0 spiro atoms. The Morgan fingerprint density at radius 3 is 2.00 bits per heavy atom. The Bertz CT molecular complexity index is 816. The van der Waals surface area contributed by atoms with E-state index < -0.39 is 0 Å². The Balaban J connectivity index is 1.86. The van der Waals surface area contributed by atoms with Gasteiger partial charge >= 0.3 is 0 Å². The van der Waals surface area contributed by atoms with Crippen LogP contribution in [0.2, 0.25) is 0 Å². The average molecular weight is 368 g/mol. The zero-order valence-corrected chi connectivity index (χ0v) is 15.6. The predicted octanol–water partition coefficient (Wildman–Crippen LogP) is 3.29. The van der Waals surface area contributed by atoms with Gasteiger partial charge in [0, 0.05) is 35.6 Å². The van der Waals surface area contributed by atoms with Crippen LogP contribution in [-0.2, 0) is 14.4 Å². The van der Waals surface area contributed by atoms with Gasteiger partial charge in [-0.2, -0.15) is 0 Å². The molecule has 0 aromatic heterocycles. The second-order valence-corrected chi connectivity index (χ2v) is 6.39. The molecule has 4 N–H and O–H groups in total. The van der Waals surface area contributed by atoms with Crippen LogP contribution >= 0.6 is 0 Å². The van der Waals surface area contributed by atoms with Crippen LogP contribution < -0.4 is 21.3 Å². The van der Waals surface area contributed by atoms with Crippen LogP contribution in [0.4, 0.5) is 22.7 Å². The summed E-state index contributed by atoms with van der Waals surface area (Å²) >= 11 is 0. The van der Waals surface area contributed by atoms with Crippen molar-refractivity contribution in [2.75, 3.05) is 27.8 Å². The summed E-state index contributed by atoms with van der Waals surface area (Å²) in [5.74, 6) is -0.553. The van der Waals surface area contributed by atoms with Crippen molar-refractivity contribution >= 4 is 40.5 Å². The van der Waals surface area contributed by atoms with Gasteiger partial charge < -0.3 is 21.3 Å². The Hall–Kier alpha value is -3.35. The molecular formula is C20H24N4O3. The summed E-state index contributed by atoms with van der Waals surface area (Å²) in [6, 6.07) is 14.1. The zero-order valence-electron chi connectivity index (χ0n) is 15.6. The van der Waals surface area contributed by atoms with Crippen molar-refractivity contribution in [2.24, 2.45) is 5.92 Å². The van der Waals surface area contributed by atoms with Crippen LogP contribution in [0.3, 0.4) is 0 Å². The zero-order chi connectivity index (χ0) is 19.8. The molecule has 0 heterocycles. The Labute approximate surface area is 158 Å². The number of nitrogens with one attached hydrogen (secondary N) is 4. The van der Waals surface area contributed by atoms with E-state index in [1.54, 1.807) is 48.5 Å². The van der Waals surface area contributed by atoms with E-state index in [1.807, 2.05) is 13.8 Å². The summed E-state index contributed by atoms with van der Waals surface area (Å²) in [6.45, 7) is 5.16. The van der Waals surface area contributed by atoms with Gasteiger partial charge in [0.1, 0.15) is 0 Å². The lowest BCUT2D eigenvalue weighted by molar-refractivity contribution is -0.119. The molecule has 2 rings (SSSR count). The Kier molecular flexibility index (Phi) is 6.93. The molecule has 0 radical (unpaired) electrons. The van der Waals surface area contributed by atoms with Gasteiger partial charge in [-0.25, -0.2) is 0 Å². The maximum Gasteiger partial charge on any atom is 0.243 e. The van der Waals surface area contributed by atoms with Gasteiger partial charge in [-0.05, 0) is 42.5 Å². The first-order valence-corrected chi connectivity index (χ1v) is 8.66. The molecule has 0 bridgehead atoms. The minimum atomic E-state index is -0.215. The number of hydrogen-bond acceptors (Lipinski definition) is 4. The van der Waals surface area contributed by atoms with Crippen LogP contribution in [0.1, 0.15) is 20.8 Å². The van der Waals surface area contributed by atoms with E-state index in [9.17, 15) is 14.4 Å². The molecule has 0 aliphatic rings. The first kappa shape index (κ1) is 20.0. The molecule has 142 valence electrons. The summed E-state index contributed by atoms with van der Waals surface area (Å²) in [4.78, 5) is 34.9. The molecule has 7 heteroatoms. The standard InChI is InChI=1S/C20H24N4O3/c1-13(2)20(27)24-18-6-4-5-17(11-18)23-19(26)12-21-15-7-9-16(10-8-15)22-14(3)25/h4-11,13,21H,12H2,1-3H3,(H,22,25)(H,23,26)(H,24,27). The topological polar surface area (TPSA) is 99.3 Å². The first-order chi connectivity index (χ1) is 12.8. The van der Waals surface area contributed by atoms with Crippen molar-refractivity contribution < 1.29 is 14.4 Å². The lowest BCUT2D eigenvalue weighted by Crippen LogP contribution is -2.22. The van der Waals surface area contributed by atoms with Crippen molar-refractivity contribution in [3.8, 4) is 0 Å². The van der Waals surface area contributed by atoms with E-state index in [2.05, 4.69) is 21.3 Å². The molecule has 0 aliphatic heterocycles. The van der Waals surface area contributed by atoms with Gasteiger partial charge in [-0.3, -0.25) is 14.4 Å². The van der Waals surface area contributed by atoms with E-state index in [4.69, 9.17) is 0 Å². The molecule has 0 atom stereocenters. The van der Waals surface area contributed by atoms with Gasteiger partial charge in [0.15, 0.2) is 0 Å². The number of hydrogen-bond donors (Lipinski definition) is 4. The van der Waals surface area contributed by atoms with Gasteiger partial charge in [0.2, 0.25) is 17.7 Å². The molecule has 0 unspecified atom stereocenters. The predicted molar refractivity (Wildman–Crippen MR) is 108 cm³/mol. The van der Waals surface area contributed by atoms with Crippen molar-refractivity contribution in [1.29, 1.82) is 0 Å². The maximum absolute atomic E-state index is 12.1. The van der Waals surface area contributed by atoms with Crippen LogP contribution in [0.5, 0.6) is 0 Å². The highest BCUT2D eigenvalue weighted by atomic mass is 16.2. The third-order valence-electron chi connectivity index (χ3n) is 3.60. The lowest BCUT2D eigenvalue weighted by atomic mass is 10.2. The second-order valence-electron chi connectivity index (χ2n) is 6.39. The Morgan fingerprint density at radius 1 is 0.815 bits per heavy atom. The highest BCUT2D eigenvalue weighted by Gasteiger charge is 2.08. The van der Waals surface area contributed by atoms with E-state index in [0.717, 1.165) is 5.69 Å². The minimum Gasteiger partial charge on any atom is -0.376 e. The number of amides is 3. The molecule has 3 amide bonds. The van der Waals surface area contributed by atoms with Crippen LogP contribution in [0, 0.1) is 5.92 Å². The number of rotatable bonds is 7. The molecule has 0 saturated heterocycles. The number of carbonyl (C=O) groups is 3. The van der Waals surface area contributed by atoms with Crippen LogP contribution in [0.25, 0.3) is 0 Å². The normalized spacial score (nSPS) is 10.2. The van der Waals surface area contributed by atoms with E-state index in [0.29, 0.717) is 17.1 Å². The molecule has 0 aliphatic carbocycles. The van der Waals surface area contributed by atoms with E-state index in [1.165, 1.54) is 6.92 Å². The van der Waals surface area contributed by atoms with Crippen molar-refractivity contribution in [1.82, 2.24) is 0 Å². The van der Waals surface area contributed by atoms with Crippen LogP contribution in [-0.4, -0.2) is 24.3 Å². The smallest absolute Gasteiger partial charge is 0.243 e. The maximum atomic E-state index is 12.1. The highest BCUT2D eigenvalue weighted by molar-refractivity contribution is 5.96. The first-order valence-electron chi connectivity index (χ1n) is 8.66. The minimum absolute atomic E-state index is 0.0807. The van der Waals surface area contributed by atoms with Crippen molar-refractivity contribution in [3.05, 3.63) is 48.5 Å². The summed E-state index contributed by atoms with van der Waals surface area (Å²) in [5, 5.41) is 11.3. The molecule has 2 aromatic carbocycles. The fourth-order valence-electron chi connectivity index (χ4n) is 2.22. The molecule has 2 aromatic rings. The molecule has 0 fully saturated rings. The van der Waals surface area contributed by atoms with Crippen LogP contribution in [0.15, 0.2) is 48.5 Å². The largest absolute Gasteiger partial charge is 0.376 e. The molecule has 7 nitrogen and oxygen atoms in total. The highest BCUT2D eigenvalue weighted by Crippen LogP contribution is 2.16. The quantitative estimate of drug-likeness (QED) is 0.603. The third kappa shape index (κ3) is 6.81. The third-order valence-corrected chi connectivity index (χ3v) is 3.60. The number of carbonyl (C=O) groups excluding carboxylic acids is 3. The number of benzene rings is 2. The lowest BCUT2D eigenvalue weighted by Gasteiger charge is -2.11. The van der Waals surface area contributed by atoms with Gasteiger partial charge in [-0.1, -0.05) is 19.9 Å². The van der Waals surface area contributed by atoms with E-state index in [-0.39, 0.29) is 30.2 Å². The second kappa shape index (κ2) is 9.38. The van der Waals surface area contributed by atoms with Crippen molar-refractivity contribution in [2.45, 2.75) is 20.8 Å². The van der Waals surface area contributed by atoms with Gasteiger partial charge in [0.05, 0.1) is 6.54 Å². The summed E-state index contributed by atoms with van der Waals surface area (Å²) < 4.78 is 0. The Morgan fingerprint density at radius 2 is 1.41 bits per heavy atom. The van der Waals surface area contributed by atoms with E-state index >= 15 is 0 Å². The summed E-state index contributed by atoms with van der Waals surface area (Å²) in [7, 11) is 0. The summed E-state index contributed by atoms with van der Waals surface area (Å²) in [5.41, 5.74) is 2.69. The van der Waals surface area contributed by atoms with Gasteiger partial charge in [0.25, 0.3) is 0 Å². The van der Waals surface area contributed by atoms with Crippen molar-refractivity contribution in [3.63, 3.8) is 0 Å².